The fourth-order valence-electron chi connectivity index (χ4n) is 3.93. The zero-order valence-corrected chi connectivity index (χ0v) is 20.9. The van der Waals surface area contributed by atoms with Crippen molar-refractivity contribution in [3.8, 4) is 17.0 Å². The van der Waals surface area contributed by atoms with E-state index in [0.29, 0.717) is 24.3 Å². The van der Waals surface area contributed by atoms with E-state index in [9.17, 15) is 8.78 Å². The van der Waals surface area contributed by atoms with Crippen LogP contribution in [0, 0.1) is 12.7 Å². The lowest BCUT2D eigenvalue weighted by Gasteiger charge is -2.20. The second-order valence-electron chi connectivity index (χ2n) is 8.07. The Bertz CT molecular complexity index is 1290. The number of hydrogen-bond donors (Lipinski definition) is 0. The van der Waals surface area contributed by atoms with Crippen LogP contribution >= 0.6 is 15.9 Å². The van der Waals surface area contributed by atoms with Crippen LogP contribution in [-0.4, -0.2) is 31.2 Å². The number of hydrogen-bond acceptors (Lipinski definition) is 4. The molecular weight excluding hydrogens is 504 g/mol. The van der Waals surface area contributed by atoms with Crippen molar-refractivity contribution >= 4 is 15.9 Å². The Balaban J connectivity index is 1.69. The number of benzene rings is 1. The van der Waals surface area contributed by atoms with Crippen molar-refractivity contribution in [2.45, 2.75) is 46.4 Å². The molecule has 3 aromatic heterocycles. The van der Waals surface area contributed by atoms with Crippen LogP contribution in [0.1, 0.15) is 42.5 Å². The van der Waals surface area contributed by atoms with Crippen LogP contribution in [-0.2, 0) is 19.5 Å². The molecule has 9 heteroatoms. The van der Waals surface area contributed by atoms with Gasteiger partial charge in [0, 0.05) is 33.6 Å². The Morgan fingerprint density at radius 2 is 2.00 bits per heavy atom. The number of halogens is 3. The summed E-state index contributed by atoms with van der Waals surface area (Å²) in [6.07, 6.45) is 5.53. The standard InChI is InChI=1S/C25H26BrF2N5O/c1-4-23-25(10-19(26)13-29-23)34-17(3)22-11-20(28)5-6-21(22)24-9-16(2)31-33(24)15-18-12-30-32(14-18)8-7-27/h5-6,9-14,17H,4,7-8,15H2,1-3H3/t17-/m1/s1. The highest BCUT2D eigenvalue weighted by Crippen LogP contribution is 2.34. The molecule has 0 fully saturated rings. The smallest absolute Gasteiger partial charge is 0.142 e. The van der Waals surface area contributed by atoms with Gasteiger partial charge in [-0.25, -0.2) is 8.78 Å². The molecule has 0 N–H and O–H groups in total. The molecule has 0 spiro atoms. The molecule has 0 amide bonds. The van der Waals surface area contributed by atoms with Gasteiger partial charge in [0.15, 0.2) is 0 Å². The van der Waals surface area contributed by atoms with Crippen molar-refractivity contribution in [1.29, 1.82) is 0 Å². The molecule has 1 aromatic carbocycles. The van der Waals surface area contributed by atoms with E-state index in [0.717, 1.165) is 32.7 Å². The van der Waals surface area contributed by atoms with Crippen LogP contribution in [0.3, 0.4) is 0 Å². The Hall–Kier alpha value is -3.07. The maximum atomic E-state index is 14.4. The third kappa shape index (κ3) is 5.35. The number of nitrogens with zero attached hydrogens (tertiary/aromatic N) is 5. The van der Waals surface area contributed by atoms with E-state index in [4.69, 9.17) is 4.74 Å². The van der Waals surface area contributed by atoms with Gasteiger partial charge >= 0.3 is 0 Å². The summed E-state index contributed by atoms with van der Waals surface area (Å²) in [7, 11) is 0. The van der Waals surface area contributed by atoms with Crippen molar-refractivity contribution in [3.05, 3.63) is 81.7 Å². The zero-order chi connectivity index (χ0) is 24.2. The predicted molar refractivity (Wildman–Crippen MR) is 130 cm³/mol. The monoisotopic (exact) mass is 529 g/mol. The Morgan fingerprint density at radius 3 is 2.76 bits per heavy atom. The first-order valence-electron chi connectivity index (χ1n) is 11.1. The molecule has 0 saturated heterocycles. The van der Waals surface area contributed by atoms with E-state index in [-0.39, 0.29) is 12.4 Å². The molecule has 34 heavy (non-hydrogen) atoms. The van der Waals surface area contributed by atoms with E-state index < -0.39 is 12.8 Å². The summed E-state index contributed by atoms with van der Waals surface area (Å²) < 4.78 is 37.5. The SMILES string of the molecule is CCc1ncc(Br)cc1O[C@H](C)c1cc(F)ccc1-c1cc(C)nn1Cc1cnn(CCF)c1. The van der Waals surface area contributed by atoms with Gasteiger partial charge in [-0.1, -0.05) is 6.92 Å². The van der Waals surface area contributed by atoms with Crippen LogP contribution in [0.4, 0.5) is 8.78 Å². The molecule has 0 saturated carbocycles. The average molecular weight is 530 g/mol. The largest absolute Gasteiger partial charge is 0.484 e. The molecule has 0 unspecified atom stereocenters. The van der Waals surface area contributed by atoms with Crippen molar-refractivity contribution in [1.82, 2.24) is 24.5 Å². The summed E-state index contributed by atoms with van der Waals surface area (Å²) in [5, 5.41) is 8.83. The molecule has 0 radical (unpaired) electrons. The van der Waals surface area contributed by atoms with Gasteiger partial charge in [-0.15, -0.1) is 0 Å². The number of rotatable bonds is 9. The lowest BCUT2D eigenvalue weighted by atomic mass is 9.99. The Labute approximate surface area is 205 Å². The van der Waals surface area contributed by atoms with Crippen molar-refractivity contribution in [2.75, 3.05) is 6.67 Å². The van der Waals surface area contributed by atoms with Crippen molar-refractivity contribution in [2.24, 2.45) is 0 Å². The molecule has 1 atom stereocenters. The molecule has 0 aliphatic heterocycles. The molecule has 6 nitrogen and oxygen atoms in total. The molecule has 178 valence electrons. The van der Waals surface area contributed by atoms with Gasteiger partial charge in [-0.05, 0) is 66.5 Å². The van der Waals surface area contributed by atoms with Crippen LogP contribution in [0.25, 0.3) is 11.3 Å². The first-order chi connectivity index (χ1) is 16.4. The van der Waals surface area contributed by atoms with Gasteiger partial charge in [0.2, 0.25) is 0 Å². The van der Waals surface area contributed by atoms with E-state index in [2.05, 4.69) is 31.1 Å². The average Bonchev–Trinajstić information content (AvgIpc) is 3.40. The second-order valence-corrected chi connectivity index (χ2v) is 8.99. The van der Waals surface area contributed by atoms with Crippen LogP contribution < -0.4 is 4.74 Å². The van der Waals surface area contributed by atoms with Gasteiger partial charge in [-0.3, -0.25) is 14.3 Å². The van der Waals surface area contributed by atoms with E-state index in [1.165, 1.54) is 12.1 Å². The third-order valence-corrected chi connectivity index (χ3v) is 5.93. The van der Waals surface area contributed by atoms with Crippen LogP contribution in [0.5, 0.6) is 5.75 Å². The van der Waals surface area contributed by atoms with Crippen molar-refractivity contribution < 1.29 is 13.5 Å². The first-order valence-corrected chi connectivity index (χ1v) is 11.9. The van der Waals surface area contributed by atoms with E-state index in [1.807, 2.05) is 43.8 Å². The van der Waals surface area contributed by atoms with Gasteiger partial charge < -0.3 is 4.74 Å². The number of ether oxygens (including phenoxy) is 1. The second kappa shape index (κ2) is 10.5. The highest BCUT2D eigenvalue weighted by atomic mass is 79.9. The minimum Gasteiger partial charge on any atom is -0.484 e. The van der Waals surface area contributed by atoms with Gasteiger partial charge in [-0.2, -0.15) is 10.2 Å². The summed E-state index contributed by atoms with van der Waals surface area (Å²) in [6, 6.07) is 8.54. The highest BCUT2D eigenvalue weighted by molar-refractivity contribution is 9.10. The van der Waals surface area contributed by atoms with E-state index in [1.54, 1.807) is 23.1 Å². The summed E-state index contributed by atoms with van der Waals surface area (Å²) in [6.45, 7) is 6.02. The molecule has 3 heterocycles. The van der Waals surface area contributed by atoms with Crippen LogP contribution in [0.2, 0.25) is 0 Å². The predicted octanol–water partition coefficient (Wildman–Crippen LogP) is 6.07. The summed E-state index contributed by atoms with van der Waals surface area (Å²) >= 11 is 3.45. The minimum atomic E-state index is -0.475. The lowest BCUT2D eigenvalue weighted by Crippen LogP contribution is -2.10. The fraction of sp³-hybridized carbons (Fsp3) is 0.320. The highest BCUT2D eigenvalue weighted by Gasteiger charge is 2.20. The van der Waals surface area contributed by atoms with Gasteiger partial charge in [0.1, 0.15) is 24.3 Å². The zero-order valence-electron chi connectivity index (χ0n) is 19.3. The third-order valence-electron chi connectivity index (χ3n) is 5.50. The summed E-state index contributed by atoms with van der Waals surface area (Å²) in [5.74, 6) is 0.317. The number of alkyl halides is 1. The Kier molecular flexibility index (Phi) is 7.41. The maximum absolute atomic E-state index is 14.4. The van der Waals surface area contributed by atoms with Gasteiger partial charge in [0.05, 0.1) is 36.4 Å². The van der Waals surface area contributed by atoms with E-state index >= 15 is 0 Å². The first kappa shape index (κ1) is 24.1. The number of pyridine rings is 1. The molecule has 4 rings (SSSR count). The molecule has 0 bridgehead atoms. The summed E-state index contributed by atoms with van der Waals surface area (Å²) in [4.78, 5) is 4.43. The topological polar surface area (TPSA) is 57.8 Å². The molecule has 0 aliphatic carbocycles. The van der Waals surface area contributed by atoms with Crippen molar-refractivity contribution in [3.63, 3.8) is 0 Å². The fourth-order valence-corrected chi connectivity index (χ4v) is 4.24. The lowest BCUT2D eigenvalue weighted by molar-refractivity contribution is 0.223. The number of aryl methyl sites for hydroxylation is 3. The normalized spacial score (nSPS) is 12.2. The Morgan fingerprint density at radius 1 is 1.18 bits per heavy atom. The number of aromatic nitrogens is 5. The summed E-state index contributed by atoms with van der Waals surface area (Å²) in [5.41, 5.74) is 4.93. The maximum Gasteiger partial charge on any atom is 0.142 e. The quantitative estimate of drug-likeness (QED) is 0.264. The van der Waals surface area contributed by atoms with Gasteiger partial charge in [0.25, 0.3) is 0 Å². The molecule has 0 aliphatic rings. The molecular formula is C25H26BrF2N5O. The minimum absolute atomic E-state index is 0.214. The van der Waals surface area contributed by atoms with Crippen LogP contribution in [0.15, 0.2) is 53.4 Å². The molecule has 4 aromatic rings.